The van der Waals surface area contributed by atoms with Crippen molar-refractivity contribution in [1.82, 2.24) is 25.5 Å². The van der Waals surface area contributed by atoms with Crippen LogP contribution in [0.1, 0.15) is 39.9 Å². The van der Waals surface area contributed by atoms with Gasteiger partial charge >= 0.3 is 0 Å². The van der Waals surface area contributed by atoms with Gasteiger partial charge in [0.15, 0.2) is 0 Å². The van der Waals surface area contributed by atoms with E-state index in [0.717, 1.165) is 31.9 Å². The van der Waals surface area contributed by atoms with E-state index in [1.807, 2.05) is 56.3 Å². The Bertz CT molecular complexity index is 1340. The Morgan fingerprint density at radius 3 is 2.60 bits per heavy atom. The number of hydrogen-bond donors (Lipinski definition) is 2. The molecule has 2 heterocycles. The molecule has 0 fully saturated rings. The van der Waals surface area contributed by atoms with Crippen molar-refractivity contribution < 1.29 is 14.3 Å². The third kappa shape index (κ3) is 5.15. The molecule has 2 N–H and O–H groups in total. The van der Waals surface area contributed by atoms with E-state index >= 15 is 0 Å². The number of aryl methyl sites for hydroxylation is 1. The lowest BCUT2D eigenvalue weighted by Gasteiger charge is -2.31. The number of ether oxygens (including phenoxy) is 1. The van der Waals surface area contributed by atoms with Gasteiger partial charge in [-0.2, -0.15) is 0 Å². The zero-order chi connectivity index (χ0) is 25.1. The molecule has 2 atom stereocenters. The van der Waals surface area contributed by atoms with Crippen molar-refractivity contribution in [2.75, 3.05) is 19.5 Å². The van der Waals surface area contributed by atoms with E-state index in [4.69, 9.17) is 4.74 Å². The molecule has 182 valence electrons. The SMILES string of the molecule is COc1cc2sc(C(=O)Nc3nnn[nH]3)c(SC(c3ccccc3)C(C)N(C)C(C)=O)c2cc1C. The van der Waals surface area contributed by atoms with Gasteiger partial charge in [0.1, 0.15) is 10.6 Å². The number of benzene rings is 2. The lowest BCUT2D eigenvalue weighted by atomic mass is 10.1. The number of thiophene rings is 1. The summed E-state index contributed by atoms with van der Waals surface area (Å²) in [5.74, 6) is 0.585. The second-order valence-corrected chi connectivity index (χ2v) is 10.3. The van der Waals surface area contributed by atoms with Crippen LogP contribution in [0.15, 0.2) is 47.4 Å². The van der Waals surface area contributed by atoms with E-state index in [9.17, 15) is 9.59 Å². The molecule has 2 aromatic heterocycles. The molecule has 0 bridgehead atoms. The molecule has 9 nitrogen and oxygen atoms in total. The molecule has 0 radical (unpaired) electrons. The molecule has 4 aromatic rings. The second-order valence-electron chi connectivity index (χ2n) is 8.10. The van der Waals surface area contributed by atoms with Gasteiger partial charge in [-0.15, -0.1) is 23.1 Å². The fourth-order valence-electron chi connectivity index (χ4n) is 3.78. The highest BCUT2D eigenvalue weighted by Gasteiger charge is 2.30. The molecule has 0 aliphatic heterocycles. The molecule has 0 spiro atoms. The molecular weight excluding hydrogens is 484 g/mol. The number of tetrazole rings is 1. The number of likely N-dealkylation sites (N-methyl/N-ethyl adjacent to an activating group) is 1. The standard InChI is InChI=1S/C24H26N6O3S2/c1-13-11-17-19(12-18(13)33-5)34-22(23(32)25-24-26-28-29-27-24)21(17)35-20(14(2)30(4)15(3)31)16-9-7-6-8-10-16/h6-12,14,20H,1-5H3,(H2,25,26,27,28,29,32). The number of fused-ring (bicyclic) bond motifs is 1. The van der Waals surface area contributed by atoms with Gasteiger partial charge in [0.05, 0.1) is 12.4 Å². The summed E-state index contributed by atoms with van der Waals surface area (Å²) in [4.78, 5) is 28.7. The maximum absolute atomic E-state index is 13.3. The molecule has 2 aromatic carbocycles. The molecule has 35 heavy (non-hydrogen) atoms. The van der Waals surface area contributed by atoms with Gasteiger partial charge in [-0.25, -0.2) is 5.10 Å². The summed E-state index contributed by atoms with van der Waals surface area (Å²) in [6.45, 7) is 5.56. The number of carbonyl (C=O) groups is 2. The number of amides is 2. The Hall–Kier alpha value is -3.44. The number of thioether (sulfide) groups is 1. The van der Waals surface area contributed by atoms with Crippen LogP contribution in [0.3, 0.4) is 0 Å². The van der Waals surface area contributed by atoms with Crippen molar-refractivity contribution in [2.24, 2.45) is 0 Å². The minimum atomic E-state index is -0.316. The van der Waals surface area contributed by atoms with E-state index < -0.39 is 0 Å². The first-order chi connectivity index (χ1) is 16.8. The average Bonchev–Trinajstić information content (AvgIpc) is 3.49. The highest BCUT2D eigenvalue weighted by molar-refractivity contribution is 8.00. The number of anilines is 1. The summed E-state index contributed by atoms with van der Waals surface area (Å²) in [6, 6.07) is 13.9. The van der Waals surface area contributed by atoms with Gasteiger partial charge in [-0.05, 0) is 47.5 Å². The predicted molar refractivity (Wildman–Crippen MR) is 138 cm³/mol. The van der Waals surface area contributed by atoms with Gasteiger partial charge in [0, 0.05) is 35.0 Å². The van der Waals surface area contributed by atoms with Gasteiger partial charge in [-0.3, -0.25) is 14.9 Å². The average molecular weight is 511 g/mol. The van der Waals surface area contributed by atoms with Crippen LogP contribution in [0.4, 0.5) is 5.95 Å². The second kappa shape index (κ2) is 10.4. The largest absolute Gasteiger partial charge is 0.496 e. The van der Waals surface area contributed by atoms with Crippen molar-refractivity contribution >= 4 is 50.9 Å². The normalized spacial score (nSPS) is 12.8. The first-order valence-corrected chi connectivity index (χ1v) is 12.6. The minimum Gasteiger partial charge on any atom is -0.496 e. The van der Waals surface area contributed by atoms with Crippen LogP contribution in [-0.4, -0.2) is 57.5 Å². The summed E-state index contributed by atoms with van der Waals surface area (Å²) in [5, 5.41) is 17.0. The molecular formula is C24H26N6O3S2. The molecule has 0 aliphatic carbocycles. The van der Waals surface area contributed by atoms with E-state index in [1.165, 1.54) is 11.3 Å². The fourth-order valence-corrected chi connectivity index (χ4v) is 6.54. The summed E-state index contributed by atoms with van der Waals surface area (Å²) in [5.41, 5.74) is 2.03. The van der Waals surface area contributed by atoms with Crippen LogP contribution in [0.2, 0.25) is 0 Å². The Labute approximate surface area is 211 Å². The Morgan fingerprint density at radius 1 is 1.23 bits per heavy atom. The van der Waals surface area contributed by atoms with E-state index in [2.05, 4.69) is 25.9 Å². The van der Waals surface area contributed by atoms with E-state index in [-0.39, 0.29) is 29.1 Å². The van der Waals surface area contributed by atoms with E-state index in [1.54, 1.807) is 37.7 Å². The third-order valence-electron chi connectivity index (χ3n) is 5.86. The number of nitrogens with one attached hydrogen (secondary N) is 2. The van der Waals surface area contributed by atoms with Crippen LogP contribution < -0.4 is 10.1 Å². The number of nitrogens with zero attached hydrogens (tertiary/aromatic N) is 4. The lowest BCUT2D eigenvalue weighted by Crippen LogP contribution is -2.36. The molecule has 4 rings (SSSR count). The van der Waals surface area contributed by atoms with Gasteiger partial charge in [0.2, 0.25) is 11.9 Å². The zero-order valence-corrected chi connectivity index (χ0v) is 21.7. The maximum atomic E-state index is 13.3. The van der Waals surface area contributed by atoms with Crippen molar-refractivity contribution in [3.05, 3.63) is 58.5 Å². The summed E-state index contributed by atoms with van der Waals surface area (Å²) >= 11 is 2.95. The molecule has 0 saturated carbocycles. The topological polar surface area (TPSA) is 113 Å². The summed E-state index contributed by atoms with van der Waals surface area (Å²) in [6.07, 6.45) is 0. The number of aromatic amines is 1. The fraction of sp³-hybridized carbons (Fsp3) is 0.292. The van der Waals surface area contributed by atoms with Gasteiger partial charge < -0.3 is 9.64 Å². The monoisotopic (exact) mass is 510 g/mol. The third-order valence-corrected chi connectivity index (χ3v) is 8.72. The Balaban J connectivity index is 1.84. The first kappa shape index (κ1) is 24.7. The molecule has 0 aliphatic rings. The number of H-pyrrole nitrogens is 1. The first-order valence-electron chi connectivity index (χ1n) is 10.9. The number of rotatable bonds is 8. The smallest absolute Gasteiger partial charge is 0.269 e. The van der Waals surface area contributed by atoms with Crippen LogP contribution in [0.25, 0.3) is 10.1 Å². The van der Waals surface area contributed by atoms with Crippen LogP contribution in [0.5, 0.6) is 5.75 Å². The maximum Gasteiger partial charge on any atom is 0.269 e. The van der Waals surface area contributed by atoms with Gasteiger partial charge in [-0.1, -0.05) is 35.4 Å². The highest BCUT2D eigenvalue weighted by atomic mass is 32.2. The quantitative estimate of drug-likeness (QED) is 0.331. The number of hydrogen-bond acceptors (Lipinski definition) is 8. The summed E-state index contributed by atoms with van der Waals surface area (Å²) < 4.78 is 6.44. The van der Waals surface area contributed by atoms with Crippen molar-refractivity contribution in [3.63, 3.8) is 0 Å². The predicted octanol–water partition coefficient (Wildman–Crippen LogP) is 4.68. The number of aromatic nitrogens is 4. The molecule has 11 heteroatoms. The Morgan fingerprint density at radius 2 is 1.97 bits per heavy atom. The molecule has 2 amide bonds. The number of methoxy groups -OCH3 is 1. The van der Waals surface area contributed by atoms with Crippen molar-refractivity contribution in [2.45, 2.75) is 37.0 Å². The zero-order valence-electron chi connectivity index (χ0n) is 20.0. The molecule has 2 unspecified atom stereocenters. The van der Waals surface area contributed by atoms with Gasteiger partial charge in [0.25, 0.3) is 5.91 Å². The molecule has 0 saturated heterocycles. The van der Waals surface area contributed by atoms with Crippen molar-refractivity contribution in [3.8, 4) is 5.75 Å². The highest BCUT2D eigenvalue weighted by Crippen LogP contribution is 2.48. The van der Waals surface area contributed by atoms with E-state index in [0.29, 0.717) is 4.88 Å². The van der Waals surface area contributed by atoms with Crippen LogP contribution >= 0.6 is 23.1 Å². The number of carbonyl (C=O) groups excluding carboxylic acids is 2. The van der Waals surface area contributed by atoms with Crippen molar-refractivity contribution in [1.29, 1.82) is 0 Å². The Kier molecular flexibility index (Phi) is 7.37. The summed E-state index contributed by atoms with van der Waals surface area (Å²) in [7, 11) is 3.43. The van der Waals surface area contributed by atoms with Crippen LogP contribution in [0, 0.1) is 6.92 Å². The minimum absolute atomic E-state index is 0.0226. The lowest BCUT2D eigenvalue weighted by molar-refractivity contribution is -0.129. The van der Waals surface area contributed by atoms with Crippen LogP contribution in [-0.2, 0) is 4.79 Å².